The van der Waals surface area contributed by atoms with Gasteiger partial charge in [0.25, 0.3) is 0 Å². The quantitative estimate of drug-likeness (QED) is 0.824. The van der Waals surface area contributed by atoms with E-state index in [1.165, 1.54) is 0 Å². The lowest BCUT2D eigenvalue weighted by Crippen LogP contribution is -2.66. The van der Waals surface area contributed by atoms with E-state index in [2.05, 4.69) is 16.8 Å². The van der Waals surface area contributed by atoms with Crippen molar-refractivity contribution in [2.75, 3.05) is 20.2 Å². The molecule has 4 heteroatoms. The molecule has 1 aliphatic heterocycles. The summed E-state index contributed by atoms with van der Waals surface area (Å²) in [6, 6.07) is 3.99. The molecule has 0 amide bonds. The molecule has 0 spiro atoms. The van der Waals surface area contributed by atoms with Gasteiger partial charge in [-0.25, -0.2) is 4.98 Å². The third-order valence-corrected chi connectivity index (χ3v) is 3.22. The number of likely N-dealkylation sites (tertiary alicyclic amines) is 1. The predicted octanol–water partition coefficient (Wildman–Crippen LogP) is 1.01. The SMILES string of the molecule is CCC1(N)CN(Cc2cccnc2OC)C1. The number of rotatable bonds is 4. The highest BCUT2D eigenvalue weighted by Crippen LogP contribution is 2.25. The minimum absolute atomic E-state index is 0.0233. The molecule has 88 valence electrons. The average Bonchev–Trinajstić information content (AvgIpc) is 2.27. The van der Waals surface area contributed by atoms with Crippen molar-refractivity contribution in [2.45, 2.75) is 25.4 Å². The lowest BCUT2D eigenvalue weighted by molar-refractivity contribution is 0.0598. The number of pyridine rings is 1. The highest BCUT2D eigenvalue weighted by molar-refractivity contribution is 5.25. The molecule has 0 aromatic carbocycles. The average molecular weight is 221 g/mol. The maximum absolute atomic E-state index is 6.13. The summed E-state index contributed by atoms with van der Waals surface area (Å²) in [5.41, 5.74) is 7.28. The maximum Gasteiger partial charge on any atom is 0.217 e. The third kappa shape index (κ3) is 2.18. The molecule has 0 atom stereocenters. The number of hydrogen-bond acceptors (Lipinski definition) is 4. The molecule has 2 N–H and O–H groups in total. The Morgan fingerprint density at radius 3 is 2.94 bits per heavy atom. The summed E-state index contributed by atoms with van der Waals surface area (Å²) < 4.78 is 5.22. The number of hydrogen-bond donors (Lipinski definition) is 1. The van der Waals surface area contributed by atoms with Crippen LogP contribution in [-0.2, 0) is 6.54 Å². The van der Waals surface area contributed by atoms with Gasteiger partial charge < -0.3 is 10.5 Å². The van der Waals surface area contributed by atoms with Crippen LogP contribution < -0.4 is 10.5 Å². The van der Waals surface area contributed by atoms with Gasteiger partial charge in [-0.1, -0.05) is 13.0 Å². The van der Waals surface area contributed by atoms with E-state index in [1.807, 2.05) is 12.1 Å². The fourth-order valence-corrected chi connectivity index (χ4v) is 2.15. The first-order chi connectivity index (χ1) is 7.67. The Labute approximate surface area is 96.4 Å². The Bertz CT molecular complexity index is 361. The molecule has 1 aromatic rings. The highest BCUT2D eigenvalue weighted by Gasteiger charge is 2.37. The van der Waals surface area contributed by atoms with Crippen LogP contribution in [0.15, 0.2) is 18.3 Å². The lowest BCUT2D eigenvalue weighted by atomic mass is 9.88. The fraction of sp³-hybridized carbons (Fsp3) is 0.583. The van der Waals surface area contributed by atoms with Crippen molar-refractivity contribution in [1.29, 1.82) is 0 Å². The van der Waals surface area contributed by atoms with E-state index in [-0.39, 0.29) is 5.54 Å². The monoisotopic (exact) mass is 221 g/mol. The second kappa shape index (κ2) is 4.39. The molecule has 0 unspecified atom stereocenters. The molecule has 0 bridgehead atoms. The summed E-state index contributed by atoms with van der Waals surface area (Å²) in [7, 11) is 1.65. The van der Waals surface area contributed by atoms with E-state index in [1.54, 1.807) is 13.3 Å². The number of methoxy groups -OCH3 is 1. The summed E-state index contributed by atoms with van der Waals surface area (Å²) >= 11 is 0. The third-order valence-electron chi connectivity index (χ3n) is 3.22. The van der Waals surface area contributed by atoms with Gasteiger partial charge in [0.15, 0.2) is 0 Å². The molecule has 0 radical (unpaired) electrons. The predicted molar refractivity (Wildman–Crippen MR) is 63.3 cm³/mol. The van der Waals surface area contributed by atoms with Gasteiger partial charge in [0, 0.05) is 36.9 Å². The van der Waals surface area contributed by atoms with Gasteiger partial charge in [-0.3, -0.25) is 4.90 Å². The van der Waals surface area contributed by atoms with Crippen molar-refractivity contribution in [3.63, 3.8) is 0 Å². The topological polar surface area (TPSA) is 51.4 Å². The molecule has 16 heavy (non-hydrogen) atoms. The first-order valence-corrected chi connectivity index (χ1v) is 5.66. The standard InChI is InChI=1S/C12H19N3O/c1-3-12(13)8-15(9-12)7-10-5-4-6-14-11(10)16-2/h4-6H,3,7-9,13H2,1-2H3. The van der Waals surface area contributed by atoms with Crippen LogP contribution in [-0.4, -0.2) is 35.6 Å². The molecule has 0 saturated carbocycles. The smallest absolute Gasteiger partial charge is 0.217 e. The van der Waals surface area contributed by atoms with E-state index in [9.17, 15) is 0 Å². The normalized spacial score (nSPS) is 19.2. The summed E-state index contributed by atoms with van der Waals surface area (Å²) in [4.78, 5) is 6.51. The largest absolute Gasteiger partial charge is 0.481 e. The van der Waals surface area contributed by atoms with Crippen molar-refractivity contribution < 1.29 is 4.74 Å². The summed E-state index contributed by atoms with van der Waals surface area (Å²) in [6.07, 6.45) is 2.78. The molecular formula is C12H19N3O. The second-order valence-corrected chi connectivity index (χ2v) is 4.53. The van der Waals surface area contributed by atoms with Crippen LogP contribution in [0.1, 0.15) is 18.9 Å². The van der Waals surface area contributed by atoms with E-state index in [4.69, 9.17) is 10.5 Å². The van der Waals surface area contributed by atoms with Gasteiger partial charge in [0.05, 0.1) is 7.11 Å². The summed E-state index contributed by atoms with van der Waals surface area (Å²) in [5, 5.41) is 0. The van der Waals surface area contributed by atoms with E-state index < -0.39 is 0 Å². The summed E-state index contributed by atoms with van der Waals surface area (Å²) in [5.74, 6) is 0.716. The van der Waals surface area contributed by atoms with Gasteiger partial charge in [0.2, 0.25) is 5.88 Å². The Balaban J connectivity index is 1.96. The number of ether oxygens (including phenoxy) is 1. The molecule has 2 heterocycles. The highest BCUT2D eigenvalue weighted by atomic mass is 16.5. The summed E-state index contributed by atoms with van der Waals surface area (Å²) in [6.45, 7) is 4.93. The second-order valence-electron chi connectivity index (χ2n) is 4.53. The van der Waals surface area contributed by atoms with Gasteiger partial charge in [-0.2, -0.15) is 0 Å². The Morgan fingerprint density at radius 2 is 2.31 bits per heavy atom. The van der Waals surface area contributed by atoms with E-state index in [0.29, 0.717) is 5.88 Å². The van der Waals surface area contributed by atoms with Gasteiger partial charge in [-0.15, -0.1) is 0 Å². The molecular weight excluding hydrogens is 202 g/mol. The van der Waals surface area contributed by atoms with Crippen LogP contribution in [0.4, 0.5) is 0 Å². The van der Waals surface area contributed by atoms with Crippen LogP contribution in [0.5, 0.6) is 5.88 Å². The minimum Gasteiger partial charge on any atom is -0.481 e. The zero-order valence-electron chi connectivity index (χ0n) is 9.94. The zero-order valence-corrected chi connectivity index (χ0v) is 9.94. The van der Waals surface area contributed by atoms with Crippen LogP contribution >= 0.6 is 0 Å². The first kappa shape index (κ1) is 11.4. The van der Waals surface area contributed by atoms with Crippen LogP contribution in [0.3, 0.4) is 0 Å². The van der Waals surface area contributed by atoms with Crippen molar-refractivity contribution in [2.24, 2.45) is 5.73 Å². The Kier molecular flexibility index (Phi) is 3.12. The maximum atomic E-state index is 6.13. The fourth-order valence-electron chi connectivity index (χ4n) is 2.15. The van der Waals surface area contributed by atoms with E-state index in [0.717, 1.165) is 31.6 Å². The Hall–Kier alpha value is -1.13. The van der Waals surface area contributed by atoms with Crippen LogP contribution in [0.2, 0.25) is 0 Å². The zero-order chi connectivity index (χ0) is 11.6. The molecule has 4 nitrogen and oxygen atoms in total. The van der Waals surface area contributed by atoms with Crippen molar-refractivity contribution in [1.82, 2.24) is 9.88 Å². The number of aromatic nitrogens is 1. The molecule has 1 aromatic heterocycles. The molecule has 1 aliphatic rings. The lowest BCUT2D eigenvalue weighted by Gasteiger charge is -2.47. The number of nitrogens with zero attached hydrogens (tertiary/aromatic N) is 2. The first-order valence-electron chi connectivity index (χ1n) is 5.66. The molecule has 1 saturated heterocycles. The van der Waals surface area contributed by atoms with Gasteiger partial charge in [-0.05, 0) is 12.5 Å². The van der Waals surface area contributed by atoms with E-state index >= 15 is 0 Å². The Morgan fingerprint density at radius 1 is 1.56 bits per heavy atom. The van der Waals surface area contributed by atoms with Crippen LogP contribution in [0.25, 0.3) is 0 Å². The van der Waals surface area contributed by atoms with Gasteiger partial charge in [0.1, 0.15) is 0 Å². The van der Waals surface area contributed by atoms with Gasteiger partial charge >= 0.3 is 0 Å². The van der Waals surface area contributed by atoms with Crippen molar-refractivity contribution in [3.8, 4) is 5.88 Å². The minimum atomic E-state index is 0.0233. The molecule has 1 fully saturated rings. The van der Waals surface area contributed by atoms with Crippen LogP contribution in [0, 0.1) is 0 Å². The molecule has 0 aliphatic carbocycles. The van der Waals surface area contributed by atoms with Crippen molar-refractivity contribution >= 4 is 0 Å². The van der Waals surface area contributed by atoms with Crippen molar-refractivity contribution in [3.05, 3.63) is 23.9 Å². The number of nitrogens with two attached hydrogens (primary N) is 1. The molecule has 2 rings (SSSR count).